The standard InChI is InChI=1S/C12H8ClF3N2O/c1-7-11(17-6-10(13)18-7)8-2-4-9(5-3-8)19-12(14,15)16/h2-6H,1H3. The molecule has 0 radical (unpaired) electrons. The Morgan fingerprint density at radius 1 is 1.16 bits per heavy atom. The molecule has 0 atom stereocenters. The van der Waals surface area contributed by atoms with Gasteiger partial charge in [0.25, 0.3) is 0 Å². The van der Waals surface area contributed by atoms with Crippen LogP contribution in [0.5, 0.6) is 5.75 Å². The summed E-state index contributed by atoms with van der Waals surface area (Å²) in [5.41, 5.74) is 1.79. The minimum Gasteiger partial charge on any atom is -0.406 e. The minimum atomic E-state index is -4.70. The van der Waals surface area contributed by atoms with Gasteiger partial charge in [0.05, 0.1) is 17.6 Å². The fourth-order valence-electron chi connectivity index (χ4n) is 1.55. The largest absolute Gasteiger partial charge is 0.573 e. The summed E-state index contributed by atoms with van der Waals surface area (Å²) in [4.78, 5) is 8.12. The number of nitrogens with zero attached hydrogens (tertiary/aromatic N) is 2. The summed E-state index contributed by atoms with van der Waals surface area (Å²) in [6.45, 7) is 1.72. The smallest absolute Gasteiger partial charge is 0.406 e. The van der Waals surface area contributed by atoms with Crippen molar-refractivity contribution in [3.63, 3.8) is 0 Å². The van der Waals surface area contributed by atoms with Crippen molar-refractivity contribution in [3.8, 4) is 17.0 Å². The maximum atomic E-state index is 12.0. The maximum Gasteiger partial charge on any atom is 0.573 e. The molecule has 0 spiro atoms. The molecule has 0 aliphatic heterocycles. The molecule has 0 aliphatic rings. The van der Waals surface area contributed by atoms with E-state index in [2.05, 4.69) is 14.7 Å². The molecule has 2 rings (SSSR count). The van der Waals surface area contributed by atoms with Crippen molar-refractivity contribution in [1.82, 2.24) is 9.97 Å². The third-order valence-corrected chi connectivity index (χ3v) is 2.46. The fourth-order valence-corrected chi connectivity index (χ4v) is 1.73. The molecule has 0 N–H and O–H groups in total. The zero-order chi connectivity index (χ0) is 14.0. The normalized spacial score (nSPS) is 11.4. The molecular formula is C12H8ClF3N2O. The van der Waals surface area contributed by atoms with Crippen molar-refractivity contribution in [2.45, 2.75) is 13.3 Å². The highest BCUT2D eigenvalue weighted by Gasteiger charge is 2.30. The van der Waals surface area contributed by atoms with Gasteiger partial charge in [-0.3, -0.25) is 4.98 Å². The van der Waals surface area contributed by atoms with Crippen LogP contribution in [-0.4, -0.2) is 16.3 Å². The van der Waals surface area contributed by atoms with E-state index >= 15 is 0 Å². The zero-order valence-electron chi connectivity index (χ0n) is 9.70. The highest BCUT2D eigenvalue weighted by Crippen LogP contribution is 2.26. The van der Waals surface area contributed by atoms with Crippen molar-refractivity contribution in [1.29, 1.82) is 0 Å². The lowest BCUT2D eigenvalue weighted by molar-refractivity contribution is -0.274. The second kappa shape index (κ2) is 5.05. The molecule has 0 fully saturated rings. The summed E-state index contributed by atoms with van der Waals surface area (Å²) >= 11 is 5.68. The molecule has 0 saturated carbocycles. The van der Waals surface area contributed by atoms with Gasteiger partial charge in [0, 0.05) is 5.56 Å². The zero-order valence-corrected chi connectivity index (χ0v) is 10.5. The van der Waals surface area contributed by atoms with Gasteiger partial charge in [-0.1, -0.05) is 11.6 Å². The first-order chi connectivity index (χ1) is 8.85. The van der Waals surface area contributed by atoms with Crippen LogP contribution in [0.4, 0.5) is 13.2 Å². The lowest BCUT2D eigenvalue weighted by Crippen LogP contribution is -2.16. The molecule has 19 heavy (non-hydrogen) atoms. The van der Waals surface area contributed by atoms with Crippen LogP contribution in [0.2, 0.25) is 5.15 Å². The molecule has 7 heteroatoms. The number of hydrogen-bond donors (Lipinski definition) is 0. The van der Waals surface area contributed by atoms with E-state index in [1.165, 1.54) is 30.5 Å². The molecule has 3 nitrogen and oxygen atoms in total. The number of rotatable bonds is 2. The average molecular weight is 289 g/mol. The van der Waals surface area contributed by atoms with Gasteiger partial charge in [0.1, 0.15) is 10.9 Å². The van der Waals surface area contributed by atoms with Crippen LogP contribution in [0, 0.1) is 6.92 Å². The molecule has 0 amide bonds. The summed E-state index contributed by atoms with van der Waals surface area (Å²) < 4.78 is 39.8. The SMILES string of the molecule is Cc1nc(Cl)cnc1-c1ccc(OC(F)(F)F)cc1. The van der Waals surface area contributed by atoms with Crippen molar-refractivity contribution in [2.75, 3.05) is 0 Å². The van der Waals surface area contributed by atoms with Crippen molar-refractivity contribution in [3.05, 3.63) is 41.3 Å². The van der Waals surface area contributed by atoms with Gasteiger partial charge in [0.15, 0.2) is 0 Å². The topological polar surface area (TPSA) is 35.0 Å². The van der Waals surface area contributed by atoms with Crippen molar-refractivity contribution < 1.29 is 17.9 Å². The van der Waals surface area contributed by atoms with Gasteiger partial charge < -0.3 is 4.74 Å². The lowest BCUT2D eigenvalue weighted by Gasteiger charge is -2.09. The van der Waals surface area contributed by atoms with E-state index in [0.717, 1.165) is 0 Å². The Balaban J connectivity index is 2.27. The Morgan fingerprint density at radius 3 is 2.32 bits per heavy atom. The Labute approximate surface area is 112 Å². The Hall–Kier alpha value is -1.82. The Bertz CT molecular complexity index is 585. The molecule has 100 valence electrons. The lowest BCUT2D eigenvalue weighted by atomic mass is 10.1. The quantitative estimate of drug-likeness (QED) is 0.837. The molecule has 1 heterocycles. The van der Waals surface area contributed by atoms with E-state index < -0.39 is 6.36 Å². The summed E-state index contributed by atoms with van der Waals surface area (Å²) in [6, 6.07) is 5.40. The number of benzene rings is 1. The molecular weight excluding hydrogens is 281 g/mol. The van der Waals surface area contributed by atoms with E-state index in [1.807, 2.05) is 0 Å². The summed E-state index contributed by atoms with van der Waals surface area (Å²) in [5.74, 6) is -0.282. The summed E-state index contributed by atoms with van der Waals surface area (Å²) in [6.07, 6.45) is -3.32. The second-order valence-electron chi connectivity index (χ2n) is 3.70. The monoisotopic (exact) mass is 288 g/mol. The van der Waals surface area contributed by atoms with Crippen LogP contribution in [0.1, 0.15) is 5.69 Å². The third kappa shape index (κ3) is 3.57. The second-order valence-corrected chi connectivity index (χ2v) is 4.09. The first-order valence-corrected chi connectivity index (χ1v) is 5.58. The molecule has 0 unspecified atom stereocenters. The number of hydrogen-bond acceptors (Lipinski definition) is 3. The van der Waals surface area contributed by atoms with Crippen LogP contribution in [0.25, 0.3) is 11.3 Å². The van der Waals surface area contributed by atoms with Gasteiger partial charge >= 0.3 is 6.36 Å². The fraction of sp³-hybridized carbons (Fsp3) is 0.167. The van der Waals surface area contributed by atoms with E-state index in [1.54, 1.807) is 6.92 Å². The van der Waals surface area contributed by atoms with Crippen LogP contribution in [0.3, 0.4) is 0 Å². The van der Waals surface area contributed by atoms with Gasteiger partial charge in [-0.05, 0) is 31.2 Å². The maximum absolute atomic E-state index is 12.0. The summed E-state index contributed by atoms with van der Waals surface area (Å²) in [5, 5.41) is 0.262. The third-order valence-electron chi connectivity index (χ3n) is 2.28. The predicted octanol–water partition coefficient (Wildman–Crippen LogP) is 4.00. The van der Waals surface area contributed by atoms with Crippen molar-refractivity contribution >= 4 is 11.6 Å². The molecule has 1 aromatic heterocycles. The molecule has 0 aliphatic carbocycles. The van der Waals surface area contributed by atoms with Crippen LogP contribution in [-0.2, 0) is 0 Å². The number of alkyl halides is 3. The molecule has 2 aromatic rings. The van der Waals surface area contributed by atoms with Gasteiger partial charge in [-0.15, -0.1) is 13.2 Å². The van der Waals surface area contributed by atoms with Gasteiger partial charge in [-0.25, -0.2) is 4.98 Å². The van der Waals surface area contributed by atoms with E-state index in [-0.39, 0.29) is 10.9 Å². The number of aromatic nitrogens is 2. The number of aryl methyl sites for hydroxylation is 1. The Morgan fingerprint density at radius 2 is 1.79 bits per heavy atom. The Kier molecular flexibility index (Phi) is 3.61. The number of ether oxygens (including phenoxy) is 1. The number of halogens is 4. The van der Waals surface area contributed by atoms with E-state index in [4.69, 9.17) is 11.6 Å². The van der Waals surface area contributed by atoms with Crippen LogP contribution in [0.15, 0.2) is 30.5 Å². The van der Waals surface area contributed by atoms with Gasteiger partial charge in [-0.2, -0.15) is 0 Å². The van der Waals surface area contributed by atoms with Crippen LogP contribution >= 0.6 is 11.6 Å². The van der Waals surface area contributed by atoms with Crippen LogP contribution < -0.4 is 4.74 Å². The minimum absolute atomic E-state index is 0.262. The predicted molar refractivity (Wildman–Crippen MR) is 63.9 cm³/mol. The highest BCUT2D eigenvalue weighted by molar-refractivity contribution is 6.29. The molecule has 1 aromatic carbocycles. The molecule has 0 saturated heterocycles. The first-order valence-electron chi connectivity index (χ1n) is 5.20. The van der Waals surface area contributed by atoms with Crippen molar-refractivity contribution in [2.24, 2.45) is 0 Å². The van der Waals surface area contributed by atoms with E-state index in [0.29, 0.717) is 17.0 Å². The average Bonchev–Trinajstić information content (AvgIpc) is 2.28. The highest BCUT2D eigenvalue weighted by atomic mass is 35.5. The van der Waals surface area contributed by atoms with E-state index in [9.17, 15) is 13.2 Å². The first kappa shape index (κ1) is 13.6. The summed E-state index contributed by atoms with van der Waals surface area (Å²) in [7, 11) is 0. The van der Waals surface area contributed by atoms with Gasteiger partial charge in [0.2, 0.25) is 0 Å². The molecule has 0 bridgehead atoms.